The average Bonchev–Trinajstić information content (AvgIpc) is 3.40. The van der Waals surface area contributed by atoms with Gasteiger partial charge in [0.05, 0.1) is 6.04 Å². The summed E-state index contributed by atoms with van der Waals surface area (Å²) in [6, 6.07) is 9.54. The summed E-state index contributed by atoms with van der Waals surface area (Å²) in [5.74, 6) is 0.733. The van der Waals surface area contributed by atoms with Crippen LogP contribution in [0.3, 0.4) is 0 Å². The van der Waals surface area contributed by atoms with Crippen molar-refractivity contribution in [1.82, 2.24) is 20.9 Å². The van der Waals surface area contributed by atoms with E-state index in [1.807, 2.05) is 26.8 Å². The van der Waals surface area contributed by atoms with Crippen molar-refractivity contribution in [3.8, 4) is 0 Å². The molecule has 3 atom stereocenters. The van der Waals surface area contributed by atoms with Crippen molar-refractivity contribution in [1.29, 1.82) is 0 Å². The van der Waals surface area contributed by atoms with Gasteiger partial charge in [-0.15, -0.1) is 0 Å². The summed E-state index contributed by atoms with van der Waals surface area (Å²) in [6.07, 6.45) is 11.5. The first kappa shape index (κ1) is 34.9. The first-order valence-corrected chi connectivity index (χ1v) is 16.9. The molecule has 1 saturated heterocycles. The van der Waals surface area contributed by atoms with Crippen molar-refractivity contribution in [2.75, 3.05) is 19.6 Å². The molecule has 0 unspecified atom stereocenters. The number of aryl methyl sites for hydroxylation is 1. The van der Waals surface area contributed by atoms with Crippen molar-refractivity contribution >= 4 is 17.9 Å². The van der Waals surface area contributed by atoms with Gasteiger partial charge in [0.25, 0.3) is 0 Å². The van der Waals surface area contributed by atoms with Gasteiger partial charge in [-0.3, -0.25) is 14.5 Å². The molecule has 8 nitrogen and oxygen atoms in total. The van der Waals surface area contributed by atoms with Crippen LogP contribution in [0.1, 0.15) is 111 Å². The lowest BCUT2D eigenvalue weighted by Gasteiger charge is -2.32. The van der Waals surface area contributed by atoms with Crippen LogP contribution in [0.15, 0.2) is 30.3 Å². The molecule has 1 aliphatic heterocycles. The number of amides is 3. The summed E-state index contributed by atoms with van der Waals surface area (Å²) in [4.78, 5) is 41.9. The van der Waals surface area contributed by atoms with E-state index < -0.39 is 17.7 Å². The van der Waals surface area contributed by atoms with Gasteiger partial charge in [0.2, 0.25) is 11.8 Å². The number of hydrogen-bond acceptors (Lipinski definition) is 5. The standard InChI is InChI=1S/C35H58N4O4/c1-26(2)23-29(37-32(40)30(24-28-18-10-7-11-19-28)38-34(42)43-35(3,4)5)25-39-22-14-20-31(39)33(41)36-21-13-12-17-27-15-8-6-9-16-27/h6,8-9,15-16,26,28-31H,7,10-14,17-25H2,1-5H3,(H,36,41)(H,37,40)(H,38,42)/t29-,30-,31-/m0/s1. The van der Waals surface area contributed by atoms with Crippen molar-refractivity contribution in [3.05, 3.63) is 35.9 Å². The second-order valence-electron chi connectivity index (χ2n) is 14.2. The molecule has 43 heavy (non-hydrogen) atoms. The number of ether oxygens (including phenoxy) is 1. The number of benzene rings is 1. The van der Waals surface area contributed by atoms with E-state index in [0.29, 0.717) is 31.3 Å². The van der Waals surface area contributed by atoms with Gasteiger partial charge in [0.1, 0.15) is 11.6 Å². The van der Waals surface area contributed by atoms with Gasteiger partial charge in [-0.1, -0.05) is 76.3 Å². The van der Waals surface area contributed by atoms with Crippen molar-refractivity contribution in [2.24, 2.45) is 11.8 Å². The highest BCUT2D eigenvalue weighted by Gasteiger charge is 2.34. The SMILES string of the molecule is CC(C)C[C@@H](CN1CCC[C@H]1C(=O)NCCCCc1ccccc1)NC(=O)[C@H](CC1CCCCC1)NC(=O)OC(C)(C)C. The molecule has 1 saturated carbocycles. The third-order valence-corrected chi connectivity index (χ3v) is 8.56. The molecule has 0 bridgehead atoms. The van der Waals surface area contributed by atoms with Crippen molar-refractivity contribution < 1.29 is 19.1 Å². The van der Waals surface area contributed by atoms with Crippen LogP contribution < -0.4 is 16.0 Å². The Bertz CT molecular complexity index is 987. The highest BCUT2D eigenvalue weighted by Crippen LogP contribution is 2.28. The van der Waals surface area contributed by atoms with E-state index in [-0.39, 0.29) is 23.9 Å². The molecular weight excluding hydrogens is 540 g/mol. The number of carbonyl (C=O) groups excluding carboxylic acids is 3. The number of unbranched alkanes of at least 4 members (excludes halogenated alkanes) is 1. The number of rotatable bonds is 15. The highest BCUT2D eigenvalue weighted by atomic mass is 16.6. The maximum Gasteiger partial charge on any atom is 0.408 e. The molecule has 3 N–H and O–H groups in total. The van der Waals surface area contributed by atoms with Crippen molar-refractivity contribution in [3.63, 3.8) is 0 Å². The summed E-state index contributed by atoms with van der Waals surface area (Å²) in [6.45, 7) is 11.9. The van der Waals surface area contributed by atoms with Crippen LogP contribution in [0.4, 0.5) is 4.79 Å². The first-order chi connectivity index (χ1) is 20.5. The van der Waals surface area contributed by atoms with E-state index in [1.165, 1.54) is 24.8 Å². The van der Waals surface area contributed by atoms with Crippen molar-refractivity contribution in [2.45, 2.75) is 135 Å². The molecule has 1 aromatic carbocycles. The summed E-state index contributed by atoms with van der Waals surface area (Å²) in [5, 5.41) is 9.35. The molecule has 3 rings (SSSR count). The molecule has 242 valence electrons. The Morgan fingerprint density at radius 2 is 1.67 bits per heavy atom. The molecule has 0 radical (unpaired) electrons. The minimum Gasteiger partial charge on any atom is -0.444 e. The Labute approximate surface area is 260 Å². The van der Waals surface area contributed by atoms with Gasteiger partial charge in [0.15, 0.2) is 0 Å². The summed E-state index contributed by atoms with van der Waals surface area (Å²) in [7, 11) is 0. The largest absolute Gasteiger partial charge is 0.444 e. The van der Waals surface area contributed by atoms with Gasteiger partial charge in [0, 0.05) is 19.1 Å². The van der Waals surface area contributed by atoms with E-state index in [1.54, 1.807) is 0 Å². The lowest BCUT2D eigenvalue weighted by atomic mass is 9.84. The minimum atomic E-state index is -0.638. The first-order valence-electron chi connectivity index (χ1n) is 16.9. The number of alkyl carbamates (subject to hydrolysis) is 1. The zero-order valence-electron chi connectivity index (χ0n) is 27.5. The van der Waals surface area contributed by atoms with E-state index >= 15 is 0 Å². The number of likely N-dealkylation sites (tertiary alicyclic amines) is 1. The quantitative estimate of drug-likeness (QED) is 0.216. The monoisotopic (exact) mass is 598 g/mol. The molecule has 0 aromatic heterocycles. The second-order valence-corrected chi connectivity index (χ2v) is 14.2. The molecule has 0 spiro atoms. The van der Waals surface area contributed by atoms with Gasteiger partial charge >= 0.3 is 6.09 Å². The molecule has 1 aromatic rings. The Kier molecular flexibility index (Phi) is 14.3. The zero-order chi connectivity index (χ0) is 31.2. The lowest BCUT2D eigenvalue weighted by molar-refractivity contribution is -0.125. The molecule has 2 aliphatic rings. The van der Waals surface area contributed by atoms with Crippen LogP contribution in [-0.4, -0.2) is 66.2 Å². The maximum absolute atomic E-state index is 13.7. The van der Waals surface area contributed by atoms with E-state index in [0.717, 1.165) is 57.9 Å². The van der Waals surface area contributed by atoms with Gasteiger partial charge in [-0.2, -0.15) is 0 Å². The summed E-state index contributed by atoms with van der Waals surface area (Å²) in [5.41, 5.74) is 0.694. The van der Waals surface area contributed by atoms with Crippen LogP contribution in [0.25, 0.3) is 0 Å². The normalized spacial score (nSPS) is 19.5. The van der Waals surface area contributed by atoms with Crippen LogP contribution in [0.5, 0.6) is 0 Å². The van der Waals surface area contributed by atoms with Gasteiger partial charge in [-0.05, 0) is 89.7 Å². The number of nitrogens with one attached hydrogen (secondary N) is 3. The number of nitrogens with zero attached hydrogens (tertiary/aromatic N) is 1. The Balaban J connectivity index is 1.56. The zero-order valence-corrected chi connectivity index (χ0v) is 27.5. The molecular formula is C35H58N4O4. The van der Waals surface area contributed by atoms with Crippen LogP contribution in [-0.2, 0) is 20.7 Å². The lowest BCUT2D eigenvalue weighted by Crippen LogP contribution is -2.55. The fourth-order valence-electron chi connectivity index (χ4n) is 6.54. The topological polar surface area (TPSA) is 99.8 Å². The van der Waals surface area contributed by atoms with E-state index in [4.69, 9.17) is 4.74 Å². The molecule has 1 aliphatic carbocycles. The van der Waals surface area contributed by atoms with Gasteiger partial charge in [-0.25, -0.2) is 4.79 Å². The average molecular weight is 599 g/mol. The molecule has 8 heteroatoms. The molecule has 3 amide bonds. The summed E-state index contributed by atoms with van der Waals surface area (Å²) < 4.78 is 5.51. The fourth-order valence-corrected chi connectivity index (χ4v) is 6.54. The fraction of sp³-hybridized carbons (Fsp3) is 0.743. The highest BCUT2D eigenvalue weighted by molar-refractivity contribution is 5.86. The predicted octanol–water partition coefficient (Wildman–Crippen LogP) is 5.98. The van der Waals surface area contributed by atoms with Gasteiger partial charge < -0.3 is 20.7 Å². The van der Waals surface area contributed by atoms with Crippen LogP contribution in [0, 0.1) is 11.8 Å². The number of hydrogen-bond donors (Lipinski definition) is 3. The summed E-state index contributed by atoms with van der Waals surface area (Å²) >= 11 is 0. The Morgan fingerprint density at radius 1 is 0.953 bits per heavy atom. The molecule has 1 heterocycles. The van der Waals surface area contributed by atoms with E-state index in [2.05, 4.69) is 59.0 Å². The third-order valence-electron chi connectivity index (χ3n) is 8.56. The second kappa shape index (κ2) is 17.6. The Morgan fingerprint density at radius 3 is 2.35 bits per heavy atom. The predicted molar refractivity (Wildman–Crippen MR) is 173 cm³/mol. The minimum absolute atomic E-state index is 0.0913. The molecule has 2 fully saturated rings. The number of carbonyl (C=O) groups is 3. The Hall–Kier alpha value is -2.61. The third kappa shape index (κ3) is 13.3. The smallest absolute Gasteiger partial charge is 0.408 e. The maximum atomic E-state index is 13.7. The van der Waals surface area contributed by atoms with Crippen LogP contribution in [0.2, 0.25) is 0 Å². The van der Waals surface area contributed by atoms with E-state index in [9.17, 15) is 14.4 Å². The van der Waals surface area contributed by atoms with Crippen LogP contribution >= 0.6 is 0 Å².